The van der Waals surface area contributed by atoms with Crippen molar-refractivity contribution in [2.45, 2.75) is 37.4 Å². The summed E-state index contributed by atoms with van der Waals surface area (Å²) in [5, 5.41) is 81.2. The molecule has 1 heterocycles. The van der Waals surface area contributed by atoms with Crippen molar-refractivity contribution < 1.29 is 60.0 Å². The number of benzene rings is 2. The number of hydrogen-bond acceptors (Lipinski definition) is 12. The summed E-state index contributed by atoms with van der Waals surface area (Å²) >= 11 is 0. The molecule has 1 aliphatic heterocycles. The molecule has 0 unspecified atom stereocenters. The number of aliphatic hydroxyl groups is 4. The molecule has 2 aliphatic rings. The van der Waals surface area contributed by atoms with Gasteiger partial charge in [-0.3, -0.25) is 9.59 Å². The Morgan fingerprint density at radius 2 is 1.60 bits per heavy atom. The second kappa shape index (κ2) is 8.18. The van der Waals surface area contributed by atoms with Gasteiger partial charge in [0.2, 0.25) is 0 Å². The number of anilines is 1. The summed E-state index contributed by atoms with van der Waals surface area (Å²) in [5.74, 6) is -6.46. The molecule has 0 aromatic heterocycles. The molecule has 5 atom stereocenters. The molecule has 1 aliphatic carbocycles. The van der Waals surface area contributed by atoms with Gasteiger partial charge in [-0.2, -0.15) is 0 Å². The minimum atomic E-state index is -1.97. The van der Waals surface area contributed by atoms with Gasteiger partial charge in [0.05, 0.1) is 29.0 Å². The zero-order chi connectivity index (χ0) is 26.1. The number of nitrogen functional groups attached to an aromatic ring is 1. The third kappa shape index (κ3) is 3.25. The summed E-state index contributed by atoms with van der Waals surface area (Å²) < 4.78 is 5.35. The van der Waals surface area contributed by atoms with E-state index in [2.05, 4.69) is 0 Å². The van der Waals surface area contributed by atoms with E-state index in [4.69, 9.17) is 10.5 Å². The predicted molar refractivity (Wildman–Crippen MR) is 114 cm³/mol. The van der Waals surface area contributed by atoms with E-state index in [0.29, 0.717) is 0 Å². The minimum Gasteiger partial charge on any atom is -0.507 e. The number of rotatable bonds is 3. The third-order valence-corrected chi connectivity index (χ3v) is 6.39. The van der Waals surface area contributed by atoms with E-state index < -0.39 is 111 Å². The molecule has 13 heteroatoms. The first-order chi connectivity index (χ1) is 16.3. The molecule has 4 rings (SSSR count). The molecule has 2 aromatic carbocycles. The number of fused-ring (bicyclic) bond motifs is 2. The Morgan fingerprint density at radius 3 is 2.17 bits per heavy atom. The van der Waals surface area contributed by atoms with Crippen molar-refractivity contribution in [1.29, 1.82) is 0 Å². The lowest BCUT2D eigenvalue weighted by molar-refractivity contribution is -0.232. The number of carbonyl (C=O) groups is 3. The zero-order valence-corrected chi connectivity index (χ0v) is 18.0. The van der Waals surface area contributed by atoms with Crippen molar-refractivity contribution >= 4 is 23.2 Å². The number of phenols is 3. The van der Waals surface area contributed by atoms with Gasteiger partial charge in [-0.1, -0.05) is 0 Å². The number of carboxylic acid groups (broad SMARTS) is 1. The summed E-state index contributed by atoms with van der Waals surface area (Å²) in [6, 6.07) is 0.772. The standard InChI is InChI=1S/C22H21NO12/c1-4-8-5(2-6(25)9(4)22(33)34)14(26)10-11(16(8)28)17(29)12(18(30)13(10)23)21-20(32)19(31)15(27)7(3-24)35-21/h2,7,15,19-21,24-25,27,29-32H,3,23H2,1H3,(H,33,34)/t7-,15-,19+,20-,21-/m1/s1. The first kappa shape index (κ1) is 24.4. The van der Waals surface area contributed by atoms with Crippen molar-refractivity contribution in [3.8, 4) is 17.2 Å². The van der Waals surface area contributed by atoms with Crippen molar-refractivity contribution in [1.82, 2.24) is 0 Å². The van der Waals surface area contributed by atoms with Crippen LogP contribution in [0.2, 0.25) is 0 Å². The van der Waals surface area contributed by atoms with Crippen molar-refractivity contribution in [2.24, 2.45) is 0 Å². The molecule has 1 fully saturated rings. The number of hydrogen-bond donors (Lipinski definition) is 9. The Morgan fingerprint density at radius 1 is 0.971 bits per heavy atom. The van der Waals surface area contributed by atoms with E-state index in [0.717, 1.165) is 6.07 Å². The number of phenolic OH excluding ortho intramolecular Hbond substituents is 2. The minimum absolute atomic E-state index is 0.267. The van der Waals surface area contributed by atoms with Gasteiger partial charge in [0.25, 0.3) is 0 Å². The average Bonchev–Trinajstić information content (AvgIpc) is 2.79. The lowest BCUT2D eigenvalue weighted by Gasteiger charge is -2.40. The quantitative estimate of drug-likeness (QED) is 0.117. The molecular weight excluding hydrogens is 470 g/mol. The van der Waals surface area contributed by atoms with Gasteiger partial charge in [-0.15, -0.1) is 0 Å². The Labute approximate surface area is 195 Å². The topological polar surface area (TPSA) is 248 Å². The molecule has 0 saturated carbocycles. The Kier molecular flexibility index (Phi) is 5.70. The highest BCUT2D eigenvalue weighted by Crippen LogP contribution is 2.50. The van der Waals surface area contributed by atoms with Crippen LogP contribution in [0.5, 0.6) is 17.2 Å². The lowest BCUT2D eigenvalue weighted by Crippen LogP contribution is -2.55. The van der Waals surface area contributed by atoms with E-state index >= 15 is 0 Å². The summed E-state index contributed by atoms with van der Waals surface area (Å²) in [6.45, 7) is 0.354. The molecule has 0 radical (unpaired) electrons. The van der Waals surface area contributed by atoms with Gasteiger partial charge >= 0.3 is 5.97 Å². The van der Waals surface area contributed by atoms with Crippen LogP contribution in [-0.4, -0.2) is 89.4 Å². The Hall–Kier alpha value is -3.75. The van der Waals surface area contributed by atoms with Gasteiger partial charge in [-0.05, 0) is 18.6 Å². The Bertz CT molecular complexity index is 1300. The van der Waals surface area contributed by atoms with Crippen LogP contribution in [0, 0.1) is 6.92 Å². The third-order valence-electron chi connectivity index (χ3n) is 6.39. The molecular formula is C22H21NO12. The van der Waals surface area contributed by atoms with Gasteiger partial charge in [0.15, 0.2) is 11.6 Å². The summed E-state index contributed by atoms with van der Waals surface area (Å²) in [7, 11) is 0. The van der Waals surface area contributed by atoms with Crippen LogP contribution in [0.15, 0.2) is 6.07 Å². The smallest absolute Gasteiger partial charge is 0.339 e. The fourth-order valence-electron chi connectivity index (χ4n) is 4.63. The van der Waals surface area contributed by atoms with Gasteiger partial charge in [-0.25, -0.2) is 4.79 Å². The monoisotopic (exact) mass is 491 g/mol. The molecule has 0 bridgehead atoms. The molecule has 10 N–H and O–H groups in total. The van der Waals surface area contributed by atoms with E-state index in [1.54, 1.807) is 0 Å². The van der Waals surface area contributed by atoms with Gasteiger partial charge < -0.3 is 51.3 Å². The van der Waals surface area contributed by atoms with Crippen LogP contribution in [0.25, 0.3) is 0 Å². The summed E-state index contributed by atoms with van der Waals surface area (Å²) in [5.41, 5.74) is 1.42. The number of aromatic hydroxyl groups is 3. The van der Waals surface area contributed by atoms with Crippen LogP contribution in [0.4, 0.5) is 5.69 Å². The molecule has 1 saturated heterocycles. The number of ether oxygens (including phenoxy) is 1. The highest BCUT2D eigenvalue weighted by atomic mass is 16.5. The highest BCUT2D eigenvalue weighted by Gasteiger charge is 2.48. The number of carboxylic acids is 1. The van der Waals surface area contributed by atoms with Crippen molar-refractivity contribution in [3.63, 3.8) is 0 Å². The highest BCUT2D eigenvalue weighted by molar-refractivity contribution is 6.32. The number of aromatic carboxylic acids is 1. The van der Waals surface area contributed by atoms with Gasteiger partial charge in [0.1, 0.15) is 53.3 Å². The van der Waals surface area contributed by atoms with Crippen LogP contribution in [0.1, 0.15) is 59.4 Å². The maximum absolute atomic E-state index is 13.4. The fourth-order valence-corrected chi connectivity index (χ4v) is 4.63. The molecule has 35 heavy (non-hydrogen) atoms. The van der Waals surface area contributed by atoms with Crippen molar-refractivity contribution in [3.05, 3.63) is 45.0 Å². The molecule has 0 amide bonds. The van der Waals surface area contributed by atoms with Crippen LogP contribution < -0.4 is 5.73 Å². The maximum atomic E-state index is 13.4. The zero-order valence-electron chi connectivity index (χ0n) is 18.0. The first-order valence-electron chi connectivity index (χ1n) is 10.2. The molecule has 0 spiro atoms. The normalized spacial score (nSPS) is 25.8. The van der Waals surface area contributed by atoms with Gasteiger partial charge in [0, 0.05) is 11.1 Å². The SMILES string of the molecule is Cc1c(C(=O)O)c(O)cc2c1C(=O)c1c(O)c([C@H]3O[C@H](CO)[C@@H](O)[C@H](O)[C@H]3O)c(O)c(N)c1C2=O. The fraction of sp³-hybridized carbons (Fsp3) is 0.318. The maximum Gasteiger partial charge on any atom is 0.339 e. The lowest BCUT2D eigenvalue weighted by atomic mass is 9.77. The largest absolute Gasteiger partial charge is 0.507 e. The van der Waals surface area contributed by atoms with E-state index in [-0.39, 0.29) is 5.56 Å². The molecule has 186 valence electrons. The second-order valence-electron chi connectivity index (χ2n) is 8.31. The van der Waals surface area contributed by atoms with E-state index in [9.17, 15) is 55.2 Å². The van der Waals surface area contributed by atoms with Crippen LogP contribution in [0.3, 0.4) is 0 Å². The van der Waals surface area contributed by atoms with Crippen molar-refractivity contribution in [2.75, 3.05) is 12.3 Å². The van der Waals surface area contributed by atoms with Crippen LogP contribution in [-0.2, 0) is 4.74 Å². The molecule has 2 aromatic rings. The summed E-state index contributed by atoms with van der Waals surface area (Å²) in [4.78, 5) is 38.2. The van der Waals surface area contributed by atoms with E-state index in [1.165, 1.54) is 6.92 Å². The second-order valence-corrected chi connectivity index (χ2v) is 8.31. The van der Waals surface area contributed by atoms with E-state index in [1.807, 2.05) is 0 Å². The summed E-state index contributed by atoms with van der Waals surface area (Å²) in [6.07, 6.45) is -8.87. The van der Waals surface area contributed by atoms with Crippen LogP contribution >= 0.6 is 0 Å². The Balaban J connectivity index is 1.99. The number of aliphatic hydroxyl groups excluding tert-OH is 4. The number of ketones is 2. The first-order valence-corrected chi connectivity index (χ1v) is 10.2. The number of nitrogens with two attached hydrogens (primary N) is 1. The molecule has 13 nitrogen and oxygen atoms in total. The predicted octanol–water partition coefficient (Wildman–Crippen LogP) is -1.32. The average molecular weight is 491 g/mol. The number of carbonyl (C=O) groups excluding carboxylic acids is 2.